The SMILES string of the molecule is Nc1ccc(-c2cn3c(O)c(Cc4ccccc4)nc3c(Cc3ccccc3)n2)cc1. The van der Waals surface area contributed by atoms with Crippen LogP contribution in [0.2, 0.25) is 0 Å². The van der Waals surface area contributed by atoms with E-state index < -0.39 is 0 Å². The topological polar surface area (TPSA) is 76.4 Å². The van der Waals surface area contributed by atoms with Gasteiger partial charge in [-0.1, -0.05) is 72.8 Å². The smallest absolute Gasteiger partial charge is 0.219 e. The van der Waals surface area contributed by atoms with Crippen LogP contribution in [0.4, 0.5) is 5.69 Å². The summed E-state index contributed by atoms with van der Waals surface area (Å²) in [5.41, 5.74) is 12.6. The number of nitrogens with zero attached hydrogens (tertiary/aromatic N) is 3. The van der Waals surface area contributed by atoms with Gasteiger partial charge in [0.25, 0.3) is 0 Å². The lowest BCUT2D eigenvalue weighted by atomic mass is 10.1. The summed E-state index contributed by atoms with van der Waals surface area (Å²) in [5.74, 6) is 0.146. The van der Waals surface area contributed by atoms with Gasteiger partial charge < -0.3 is 10.8 Å². The van der Waals surface area contributed by atoms with Crippen molar-refractivity contribution in [2.24, 2.45) is 0 Å². The highest BCUT2D eigenvalue weighted by atomic mass is 16.3. The number of hydrogen-bond acceptors (Lipinski definition) is 4. The van der Waals surface area contributed by atoms with Crippen molar-refractivity contribution in [1.29, 1.82) is 0 Å². The maximum Gasteiger partial charge on any atom is 0.219 e. The molecular formula is C26H22N4O. The second-order valence-electron chi connectivity index (χ2n) is 7.60. The normalized spacial score (nSPS) is 11.1. The number of aromatic nitrogens is 3. The summed E-state index contributed by atoms with van der Waals surface area (Å²) in [6, 6.07) is 27.8. The minimum absolute atomic E-state index is 0.146. The highest BCUT2D eigenvalue weighted by molar-refractivity contribution is 5.65. The molecule has 0 aliphatic heterocycles. The molecule has 0 fully saturated rings. The van der Waals surface area contributed by atoms with Crippen molar-refractivity contribution in [3.05, 3.63) is 114 Å². The summed E-state index contributed by atoms with van der Waals surface area (Å²) >= 11 is 0. The van der Waals surface area contributed by atoms with Crippen LogP contribution in [0.25, 0.3) is 16.9 Å². The molecule has 5 heteroatoms. The molecular weight excluding hydrogens is 384 g/mol. The number of imidazole rings is 1. The predicted octanol–water partition coefficient (Wildman–Crippen LogP) is 4.87. The number of hydrogen-bond donors (Lipinski definition) is 2. The number of rotatable bonds is 5. The predicted molar refractivity (Wildman–Crippen MR) is 123 cm³/mol. The van der Waals surface area contributed by atoms with Gasteiger partial charge in [0.1, 0.15) is 5.69 Å². The number of benzene rings is 3. The van der Waals surface area contributed by atoms with Crippen LogP contribution in [0.3, 0.4) is 0 Å². The lowest BCUT2D eigenvalue weighted by molar-refractivity contribution is 0.442. The highest BCUT2D eigenvalue weighted by Gasteiger charge is 2.18. The van der Waals surface area contributed by atoms with E-state index in [2.05, 4.69) is 12.1 Å². The molecule has 31 heavy (non-hydrogen) atoms. The van der Waals surface area contributed by atoms with Gasteiger partial charge >= 0.3 is 0 Å². The van der Waals surface area contributed by atoms with Gasteiger partial charge in [-0.05, 0) is 23.3 Å². The second kappa shape index (κ2) is 7.95. The maximum absolute atomic E-state index is 11.0. The third-order valence-electron chi connectivity index (χ3n) is 5.36. The zero-order chi connectivity index (χ0) is 21.2. The van der Waals surface area contributed by atoms with Crippen molar-refractivity contribution < 1.29 is 5.11 Å². The van der Waals surface area contributed by atoms with Crippen molar-refractivity contribution in [1.82, 2.24) is 14.4 Å². The summed E-state index contributed by atoms with van der Waals surface area (Å²) in [4.78, 5) is 9.71. The molecule has 0 aliphatic carbocycles. The molecule has 5 rings (SSSR count). The second-order valence-corrected chi connectivity index (χ2v) is 7.60. The zero-order valence-electron chi connectivity index (χ0n) is 16.9. The van der Waals surface area contributed by atoms with Crippen molar-refractivity contribution in [3.63, 3.8) is 0 Å². The first-order chi connectivity index (χ1) is 15.2. The van der Waals surface area contributed by atoms with Gasteiger partial charge in [-0.25, -0.2) is 9.97 Å². The summed E-state index contributed by atoms with van der Waals surface area (Å²) in [5, 5.41) is 11.0. The number of nitrogen functional groups attached to an aromatic ring is 1. The fourth-order valence-corrected chi connectivity index (χ4v) is 3.75. The van der Waals surface area contributed by atoms with Gasteiger partial charge in [0.15, 0.2) is 5.65 Å². The Kier molecular flexibility index (Phi) is 4.84. The number of anilines is 1. The molecule has 0 saturated carbocycles. The van der Waals surface area contributed by atoms with E-state index in [0.717, 1.165) is 28.1 Å². The molecule has 2 aromatic heterocycles. The lowest BCUT2D eigenvalue weighted by Gasteiger charge is -2.09. The van der Waals surface area contributed by atoms with Crippen LogP contribution in [0, 0.1) is 0 Å². The Hall–Kier alpha value is -4.12. The molecule has 3 N–H and O–H groups in total. The van der Waals surface area contributed by atoms with Crippen LogP contribution in [0.15, 0.2) is 91.1 Å². The van der Waals surface area contributed by atoms with Crippen LogP contribution >= 0.6 is 0 Å². The zero-order valence-corrected chi connectivity index (χ0v) is 16.9. The van der Waals surface area contributed by atoms with E-state index in [1.54, 1.807) is 4.40 Å². The van der Waals surface area contributed by atoms with Gasteiger partial charge in [0.05, 0.1) is 11.4 Å². The Morgan fingerprint density at radius 1 is 0.710 bits per heavy atom. The summed E-state index contributed by atoms with van der Waals surface area (Å²) < 4.78 is 1.75. The molecule has 2 heterocycles. The Labute approximate surface area is 180 Å². The fourth-order valence-electron chi connectivity index (χ4n) is 3.75. The molecule has 0 bridgehead atoms. The highest BCUT2D eigenvalue weighted by Crippen LogP contribution is 2.28. The third kappa shape index (κ3) is 3.85. The van der Waals surface area contributed by atoms with Gasteiger partial charge in [0.2, 0.25) is 5.88 Å². The molecule has 152 valence electrons. The lowest BCUT2D eigenvalue weighted by Crippen LogP contribution is -2.01. The Morgan fingerprint density at radius 3 is 1.90 bits per heavy atom. The molecule has 0 radical (unpaired) electrons. The van der Waals surface area contributed by atoms with Gasteiger partial charge in [0, 0.05) is 30.3 Å². The van der Waals surface area contributed by atoms with E-state index in [-0.39, 0.29) is 5.88 Å². The maximum atomic E-state index is 11.0. The largest absolute Gasteiger partial charge is 0.493 e. The van der Waals surface area contributed by atoms with Crippen LogP contribution in [-0.2, 0) is 12.8 Å². The molecule has 0 saturated heterocycles. The Morgan fingerprint density at radius 2 is 1.29 bits per heavy atom. The first kappa shape index (κ1) is 18.9. The fraction of sp³-hybridized carbons (Fsp3) is 0.0769. The summed E-state index contributed by atoms with van der Waals surface area (Å²) in [7, 11) is 0. The molecule has 5 aromatic rings. The van der Waals surface area contributed by atoms with Crippen molar-refractivity contribution in [2.45, 2.75) is 12.8 Å². The summed E-state index contributed by atoms with van der Waals surface area (Å²) in [6.07, 6.45) is 3.01. The van der Waals surface area contributed by atoms with E-state index >= 15 is 0 Å². The monoisotopic (exact) mass is 406 g/mol. The number of nitrogens with two attached hydrogens (primary N) is 1. The van der Waals surface area contributed by atoms with Crippen molar-refractivity contribution >= 4 is 11.3 Å². The molecule has 0 spiro atoms. The Balaban J connectivity index is 1.65. The van der Waals surface area contributed by atoms with E-state index in [0.29, 0.717) is 29.9 Å². The van der Waals surface area contributed by atoms with E-state index in [9.17, 15) is 5.11 Å². The average Bonchev–Trinajstić information content (AvgIpc) is 3.11. The number of aromatic hydroxyl groups is 1. The number of fused-ring (bicyclic) bond motifs is 1. The van der Waals surface area contributed by atoms with Crippen molar-refractivity contribution in [3.8, 4) is 17.1 Å². The van der Waals surface area contributed by atoms with Crippen LogP contribution in [0.5, 0.6) is 5.88 Å². The molecule has 0 atom stereocenters. The first-order valence-electron chi connectivity index (χ1n) is 10.2. The molecule has 3 aromatic carbocycles. The average molecular weight is 406 g/mol. The van der Waals surface area contributed by atoms with Crippen molar-refractivity contribution in [2.75, 3.05) is 5.73 Å². The third-order valence-corrected chi connectivity index (χ3v) is 5.36. The molecule has 5 nitrogen and oxygen atoms in total. The van der Waals surface area contributed by atoms with Gasteiger partial charge in [-0.15, -0.1) is 0 Å². The molecule has 0 amide bonds. The minimum Gasteiger partial charge on any atom is -0.493 e. The minimum atomic E-state index is 0.146. The van der Waals surface area contributed by atoms with Gasteiger partial charge in [-0.2, -0.15) is 0 Å². The molecule has 0 unspecified atom stereocenters. The summed E-state index contributed by atoms with van der Waals surface area (Å²) in [6.45, 7) is 0. The van der Waals surface area contributed by atoms with Crippen LogP contribution in [-0.4, -0.2) is 19.5 Å². The van der Waals surface area contributed by atoms with Crippen LogP contribution < -0.4 is 5.73 Å². The van der Waals surface area contributed by atoms with Crippen LogP contribution in [0.1, 0.15) is 22.5 Å². The standard InChI is InChI=1S/C26H22N4O/c27-21-13-11-20(12-14-21)24-17-30-25(22(28-24)15-18-7-3-1-4-8-18)29-23(26(30)31)16-19-9-5-2-6-10-19/h1-14,17,31H,15-16,27H2. The Bertz CT molecular complexity index is 1330. The van der Waals surface area contributed by atoms with E-state index in [1.165, 1.54) is 0 Å². The first-order valence-corrected chi connectivity index (χ1v) is 10.2. The molecule has 0 aliphatic rings. The van der Waals surface area contributed by atoms with Gasteiger partial charge in [-0.3, -0.25) is 4.40 Å². The van der Waals surface area contributed by atoms with E-state index in [4.69, 9.17) is 15.7 Å². The van der Waals surface area contributed by atoms with E-state index in [1.807, 2.05) is 79.0 Å². The quantitative estimate of drug-likeness (QED) is 0.409.